The first-order chi connectivity index (χ1) is 8.77. The normalized spacial score (nSPS) is 17.4. The van der Waals surface area contributed by atoms with Gasteiger partial charge in [0.2, 0.25) is 0 Å². The Labute approximate surface area is 107 Å². The van der Waals surface area contributed by atoms with Crippen LogP contribution in [0.2, 0.25) is 0 Å². The third-order valence-electron chi connectivity index (χ3n) is 3.24. The maximum atomic E-state index is 11.7. The molecule has 2 rings (SSSR count). The lowest BCUT2D eigenvalue weighted by Crippen LogP contribution is -2.21. The van der Waals surface area contributed by atoms with Gasteiger partial charge in [0.1, 0.15) is 0 Å². The van der Waals surface area contributed by atoms with Gasteiger partial charge in [-0.25, -0.2) is 4.79 Å². The Balaban J connectivity index is 1.91. The minimum Gasteiger partial charge on any atom is -0.380 e. The molecule has 96 valence electrons. The summed E-state index contributed by atoms with van der Waals surface area (Å²) in [7, 11) is 0. The van der Waals surface area contributed by atoms with Crippen LogP contribution in [0.1, 0.15) is 37.7 Å². The number of amidine groups is 1. The average molecular weight is 246 g/mol. The van der Waals surface area contributed by atoms with Crippen molar-refractivity contribution in [3.63, 3.8) is 0 Å². The third kappa shape index (κ3) is 3.32. The van der Waals surface area contributed by atoms with E-state index in [1.807, 2.05) is 30.3 Å². The molecular weight excluding hydrogens is 228 g/mol. The summed E-state index contributed by atoms with van der Waals surface area (Å²) in [5.74, 6) is -0.0283. The van der Waals surface area contributed by atoms with Crippen LogP contribution in [0.25, 0.3) is 0 Å². The van der Waals surface area contributed by atoms with Crippen LogP contribution in [-0.2, 0) is 9.63 Å². The molecule has 4 nitrogen and oxygen atoms in total. The Morgan fingerprint density at radius 1 is 1.17 bits per heavy atom. The fraction of sp³-hybridized carbons (Fsp3) is 0.429. The zero-order valence-electron chi connectivity index (χ0n) is 10.3. The number of carbonyl (C=O) groups is 1. The zero-order chi connectivity index (χ0) is 12.8. The molecule has 0 spiro atoms. The average Bonchev–Trinajstić information content (AvgIpc) is 2.46. The summed E-state index contributed by atoms with van der Waals surface area (Å²) in [5.41, 5.74) is 6.50. The molecule has 0 radical (unpaired) electrons. The number of carbonyl (C=O) groups excluding carboxylic acids is 1. The molecule has 0 heterocycles. The number of rotatable bonds is 3. The number of nitrogens with two attached hydrogens (primary N) is 1. The van der Waals surface area contributed by atoms with E-state index in [-0.39, 0.29) is 17.7 Å². The van der Waals surface area contributed by atoms with Crippen molar-refractivity contribution in [2.24, 2.45) is 16.8 Å². The first kappa shape index (κ1) is 12.6. The molecule has 0 atom stereocenters. The standard InChI is InChI=1S/C14H18N2O2/c15-13(11-7-3-1-4-8-11)16-18-14(17)12-9-5-2-6-10-12/h1,3-4,7-8,12H,2,5-6,9-10H2,(H2,15,16). The largest absolute Gasteiger partial charge is 0.380 e. The first-order valence-corrected chi connectivity index (χ1v) is 6.37. The highest BCUT2D eigenvalue weighted by Crippen LogP contribution is 2.24. The number of hydrogen-bond acceptors (Lipinski definition) is 3. The highest BCUT2D eigenvalue weighted by atomic mass is 16.7. The summed E-state index contributed by atoms with van der Waals surface area (Å²) in [6.07, 6.45) is 5.20. The Kier molecular flexibility index (Phi) is 4.34. The Morgan fingerprint density at radius 2 is 1.83 bits per heavy atom. The zero-order valence-corrected chi connectivity index (χ0v) is 10.3. The molecule has 18 heavy (non-hydrogen) atoms. The van der Waals surface area contributed by atoms with E-state index in [1.165, 1.54) is 6.42 Å². The van der Waals surface area contributed by atoms with Crippen LogP contribution < -0.4 is 5.73 Å². The number of hydrogen-bond donors (Lipinski definition) is 1. The highest BCUT2D eigenvalue weighted by molar-refractivity contribution is 5.97. The van der Waals surface area contributed by atoms with Gasteiger partial charge in [-0.2, -0.15) is 0 Å². The Morgan fingerprint density at radius 3 is 2.50 bits per heavy atom. The summed E-state index contributed by atoms with van der Waals surface area (Å²) in [4.78, 5) is 16.7. The molecule has 1 saturated carbocycles. The fourth-order valence-electron chi connectivity index (χ4n) is 2.17. The van der Waals surface area contributed by atoms with Crippen LogP contribution in [0, 0.1) is 5.92 Å². The van der Waals surface area contributed by atoms with Gasteiger partial charge in [0.25, 0.3) is 0 Å². The van der Waals surface area contributed by atoms with Gasteiger partial charge in [0.15, 0.2) is 5.84 Å². The van der Waals surface area contributed by atoms with E-state index >= 15 is 0 Å². The molecule has 1 fully saturated rings. The minimum atomic E-state index is -0.256. The molecule has 1 aromatic rings. The van der Waals surface area contributed by atoms with Gasteiger partial charge >= 0.3 is 5.97 Å². The van der Waals surface area contributed by atoms with Gasteiger partial charge < -0.3 is 10.6 Å². The maximum absolute atomic E-state index is 11.7. The van der Waals surface area contributed by atoms with Gasteiger partial charge in [-0.1, -0.05) is 54.8 Å². The fourth-order valence-corrected chi connectivity index (χ4v) is 2.17. The lowest BCUT2D eigenvalue weighted by Gasteiger charge is -2.18. The second-order valence-corrected chi connectivity index (χ2v) is 4.59. The van der Waals surface area contributed by atoms with Crippen LogP contribution in [0.15, 0.2) is 35.5 Å². The quantitative estimate of drug-likeness (QED) is 0.385. The molecule has 1 aliphatic rings. The predicted molar refractivity (Wildman–Crippen MR) is 69.8 cm³/mol. The summed E-state index contributed by atoms with van der Waals surface area (Å²) in [6, 6.07) is 9.27. The molecule has 0 unspecified atom stereocenters. The van der Waals surface area contributed by atoms with E-state index in [0.717, 1.165) is 31.2 Å². The molecule has 1 aliphatic carbocycles. The molecule has 0 aromatic heterocycles. The van der Waals surface area contributed by atoms with E-state index in [4.69, 9.17) is 10.6 Å². The van der Waals surface area contributed by atoms with Crippen molar-refractivity contribution in [2.45, 2.75) is 32.1 Å². The number of nitrogens with zero attached hydrogens (tertiary/aromatic N) is 1. The molecule has 1 aromatic carbocycles. The van der Waals surface area contributed by atoms with Gasteiger partial charge in [-0.05, 0) is 12.8 Å². The van der Waals surface area contributed by atoms with Crippen molar-refractivity contribution in [3.8, 4) is 0 Å². The molecule has 4 heteroatoms. The monoisotopic (exact) mass is 246 g/mol. The first-order valence-electron chi connectivity index (χ1n) is 6.37. The number of oxime groups is 1. The topological polar surface area (TPSA) is 64.7 Å². The molecule has 0 saturated heterocycles. The van der Waals surface area contributed by atoms with E-state index in [0.29, 0.717) is 0 Å². The molecule has 2 N–H and O–H groups in total. The number of benzene rings is 1. The van der Waals surface area contributed by atoms with Crippen LogP contribution in [0.3, 0.4) is 0 Å². The van der Waals surface area contributed by atoms with Gasteiger partial charge in [0, 0.05) is 5.56 Å². The third-order valence-corrected chi connectivity index (χ3v) is 3.24. The van der Waals surface area contributed by atoms with Gasteiger partial charge in [0.05, 0.1) is 5.92 Å². The van der Waals surface area contributed by atoms with E-state index < -0.39 is 0 Å². The van der Waals surface area contributed by atoms with Crippen molar-refractivity contribution >= 4 is 11.8 Å². The van der Waals surface area contributed by atoms with Crippen LogP contribution in [0.4, 0.5) is 0 Å². The summed E-state index contributed by atoms with van der Waals surface area (Å²) < 4.78 is 0. The van der Waals surface area contributed by atoms with Crippen LogP contribution in [-0.4, -0.2) is 11.8 Å². The van der Waals surface area contributed by atoms with Crippen molar-refractivity contribution in [3.05, 3.63) is 35.9 Å². The van der Waals surface area contributed by atoms with Gasteiger partial charge in [-0.3, -0.25) is 0 Å². The predicted octanol–water partition coefficient (Wildman–Crippen LogP) is 2.43. The van der Waals surface area contributed by atoms with Crippen molar-refractivity contribution < 1.29 is 9.63 Å². The van der Waals surface area contributed by atoms with E-state index in [1.54, 1.807) is 0 Å². The molecule has 0 aliphatic heterocycles. The minimum absolute atomic E-state index is 0.00827. The second kappa shape index (κ2) is 6.19. The smallest absolute Gasteiger partial charge is 0.338 e. The van der Waals surface area contributed by atoms with Crippen molar-refractivity contribution in [1.82, 2.24) is 0 Å². The van der Waals surface area contributed by atoms with E-state index in [9.17, 15) is 4.79 Å². The van der Waals surface area contributed by atoms with Crippen LogP contribution >= 0.6 is 0 Å². The van der Waals surface area contributed by atoms with Crippen molar-refractivity contribution in [2.75, 3.05) is 0 Å². The highest BCUT2D eigenvalue weighted by Gasteiger charge is 2.22. The SMILES string of the molecule is N/C(=N\OC(=O)C1CCCCC1)c1ccccc1. The van der Waals surface area contributed by atoms with Crippen molar-refractivity contribution in [1.29, 1.82) is 0 Å². The Hall–Kier alpha value is -1.84. The summed E-state index contributed by atoms with van der Waals surface area (Å²) >= 11 is 0. The lowest BCUT2D eigenvalue weighted by atomic mass is 9.89. The summed E-state index contributed by atoms with van der Waals surface area (Å²) in [6.45, 7) is 0. The molecule has 0 amide bonds. The lowest BCUT2D eigenvalue weighted by molar-refractivity contribution is -0.149. The van der Waals surface area contributed by atoms with E-state index in [2.05, 4.69) is 5.16 Å². The summed E-state index contributed by atoms with van der Waals surface area (Å²) in [5, 5.41) is 3.71. The Bertz CT molecular complexity index is 423. The second-order valence-electron chi connectivity index (χ2n) is 4.59. The van der Waals surface area contributed by atoms with Crippen LogP contribution in [0.5, 0.6) is 0 Å². The maximum Gasteiger partial charge on any atom is 0.338 e. The molecule has 0 bridgehead atoms. The van der Waals surface area contributed by atoms with Gasteiger partial charge in [-0.15, -0.1) is 0 Å². The molecular formula is C14H18N2O2.